The second-order valence-corrected chi connectivity index (χ2v) is 8.84. The Balaban J connectivity index is 1.31. The van der Waals surface area contributed by atoms with Crippen molar-refractivity contribution in [1.82, 2.24) is 9.88 Å². The minimum Gasteiger partial charge on any atom is -0.359 e. The van der Waals surface area contributed by atoms with E-state index in [-0.39, 0.29) is 0 Å². The van der Waals surface area contributed by atoms with Gasteiger partial charge in [-0.25, -0.2) is 4.98 Å². The second kappa shape index (κ2) is 8.75. The van der Waals surface area contributed by atoms with E-state index < -0.39 is 0 Å². The first-order valence-electron chi connectivity index (χ1n) is 11.0. The Hall–Kier alpha value is -2.80. The first kappa shape index (κ1) is 20.1. The summed E-state index contributed by atoms with van der Waals surface area (Å²) in [5.41, 5.74) is 6.74. The zero-order valence-corrected chi connectivity index (χ0v) is 18.6. The van der Waals surface area contributed by atoms with Gasteiger partial charge < -0.3 is 4.90 Å². The molecule has 2 aromatic carbocycles. The lowest BCUT2D eigenvalue weighted by Gasteiger charge is -2.41. The van der Waals surface area contributed by atoms with Gasteiger partial charge in [-0.3, -0.25) is 4.90 Å². The number of likely N-dealkylation sites (tertiary alicyclic amines) is 1. The minimum atomic E-state index is 0.537. The molecule has 5 rings (SSSR count). The van der Waals surface area contributed by atoms with Crippen LogP contribution in [-0.2, 0) is 6.42 Å². The van der Waals surface area contributed by atoms with Crippen molar-refractivity contribution in [3.63, 3.8) is 0 Å². The largest absolute Gasteiger partial charge is 0.359 e. The molecule has 1 unspecified atom stereocenters. The van der Waals surface area contributed by atoms with E-state index in [1.165, 1.54) is 43.6 Å². The van der Waals surface area contributed by atoms with E-state index in [0.717, 1.165) is 33.8 Å². The molecule has 4 heteroatoms. The van der Waals surface area contributed by atoms with Crippen molar-refractivity contribution in [3.05, 3.63) is 82.6 Å². The van der Waals surface area contributed by atoms with Gasteiger partial charge in [0.2, 0.25) is 0 Å². The summed E-state index contributed by atoms with van der Waals surface area (Å²) in [6.45, 7) is 2.47. The molecule has 0 N–H and O–H groups in total. The van der Waals surface area contributed by atoms with Gasteiger partial charge in [-0.05, 0) is 79.1 Å². The number of hydrogen-bond acceptors (Lipinski definition) is 3. The van der Waals surface area contributed by atoms with E-state index in [1.54, 1.807) is 0 Å². The number of aromatic nitrogens is 1. The van der Waals surface area contributed by atoms with Gasteiger partial charge in [-0.2, -0.15) is 0 Å². The Morgan fingerprint density at radius 2 is 1.71 bits per heavy atom. The molecule has 3 heterocycles. The predicted molar refractivity (Wildman–Crippen MR) is 128 cm³/mol. The van der Waals surface area contributed by atoms with Crippen molar-refractivity contribution >= 4 is 17.3 Å². The standard InChI is InChI=1S/C27H26ClN3/c1-30-26-14-5-20(18-22(26)9-15-27(30)31-16-2-3-17-31)4-12-25-13-8-23(19-29-25)21-6-10-24(28)11-7-21/h5-8,10-11,13-14,18-19,27H,2-3,9,15-17H2,1H3. The first-order chi connectivity index (χ1) is 15.2. The molecule has 0 bridgehead atoms. The van der Waals surface area contributed by atoms with E-state index in [2.05, 4.69) is 57.9 Å². The first-order valence-corrected chi connectivity index (χ1v) is 11.4. The molecule has 1 aromatic heterocycles. The highest BCUT2D eigenvalue weighted by molar-refractivity contribution is 6.30. The number of benzene rings is 2. The van der Waals surface area contributed by atoms with Crippen molar-refractivity contribution in [3.8, 4) is 23.0 Å². The fourth-order valence-corrected chi connectivity index (χ4v) is 4.86. The average Bonchev–Trinajstić information content (AvgIpc) is 3.33. The van der Waals surface area contributed by atoms with Crippen LogP contribution in [0.3, 0.4) is 0 Å². The fraction of sp³-hybridized carbons (Fsp3) is 0.296. The summed E-state index contributed by atoms with van der Waals surface area (Å²) in [7, 11) is 2.23. The molecular weight excluding hydrogens is 402 g/mol. The maximum Gasteiger partial charge on any atom is 0.113 e. The number of aryl methyl sites for hydroxylation is 1. The fourth-order valence-electron chi connectivity index (χ4n) is 4.73. The Kier molecular flexibility index (Phi) is 5.68. The zero-order valence-electron chi connectivity index (χ0n) is 17.8. The number of fused-ring (bicyclic) bond motifs is 1. The SMILES string of the molecule is CN1c2ccc(C#Cc3ccc(-c4ccc(Cl)cc4)cn3)cc2CCC1N1CCCC1. The van der Waals surface area contributed by atoms with Crippen LogP contribution < -0.4 is 4.90 Å². The van der Waals surface area contributed by atoms with Crippen LogP contribution in [-0.4, -0.2) is 36.2 Å². The molecule has 0 spiro atoms. The summed E-state index contributed by atoms with van der Waals surface area (Å²) < 4.78 is 0. The van der Waals surface area contributed by atoms with Crippen molar-refractivity contribution in [2.24, 2.45) is 0 Å². The van der Waals surface area contributed by atoms with E-state index in [1.807, 2.05) is 36.5 Å². The van der Waals surface area contributed by atoms with Gasteiger partial charge >= 0.3 is 0 Å². The maximum absolute atomic E-state index is 5.97. The highest BCUT2D eigenvalue weighted by Gasteiger charge is 2.29. The average molecular weight is 428 g/mol. The zero-order chi connectivity index (χ0) is 21.2. The molecule has 2 aliphatic rings. The number of hydrogen-bond donors (Lipinski definition) is 0. The molecular formula is C27H26ClN3. The molecule has 1 saturated heterocycles. The Bertz CT molecular complexity index is 1120. The van der Waals surface area contributed by atoms with Gasteiger partial charge in [0.05, 0.1) is 6.17 Å². The summed E-state index contributed by atoms with van der Waals surface area (Å²) in [6.07, 6.45) is 7.38. The lowest BCUT2D eigenvalue weighted by Crippen LogP contribution is -2.48. The van der Waals surface area contributed by atoms with Crippen molar-refractivity contribution in [2.75, 3.05) is 25.0 Å². The van der Waals surface area contributed by atoms with Gasteiger partial charge in [0, 0.05) is 48.2 Å². The van der Waals surface area contributed by atoms with Crippen molar-refractivity contribution in [1.29, 1.82) is 0 Å². The van der Waals surface area contributed by atoms with Crippen LogP contribution >= 0.6 is 11.6 Å². The minimum absolute atomic E-state index is 0.537. The Labute approximate surface area is 189 Å². The third-order valence-electron chi connectivity index (χ3n) is 6.42. The monoisotopic (exact) mass is 427 g/mol. The van der Waals surface area contributed by atoms with Crippen LogP contribution in [0.25, 0.3) is 11.1 Å². The number of nitrogens with zero attached hydrogens (tertiary/aromatic N) is 3. The van der Waals surface area contributed by atoms with Gasteiger partial charge in [0.15, 0.2) is 0 Å². The third-order valence-corrected chi connectivity index (χ3v) is 6.67. The van der Waals surface area contributed by atoms with Crippen molar-refractivity contribution < 1.29 is 0 Å². The normalized spacial score (nSPS) is 18.4. The maximum atomic E-state index is 5.97. The highest BCUT2D eigenvalue weighted by atomic mass is 35.5. The molecule has 0 radical (unpaired) electrons. The summed E-state index contributed by atoms with van der Waals surface area (Å²) in [5.74, 6) is 6.52. The van der Waals surface area contributed by atoms with Crippen LogP contribution in [0.4, 0.5) is 5.69 Å². The lowest BCUT2D eigenvalue weighted by atomic mass is 9.97. The van der Waals surface area contributed by atoms with E-state index in [9.17, 15) is 0 Å². The van der Waals surface area contributed by atoms with E-state index >= 15 is 0 Å². The molecule has 31 heavy (non-hydrogen) atoms. The molecule has 3 aromatic rings. The molecule has 1 fully saturated rings. The molecule has 0 aliphatic carbocycles. The molecule has 0 saturated carbocycles. The van der Waals surface area contributed by atoms with E-state index in [4.69, 9.17) is 11.6 Å². The van der Waals surface area contributed by atoms with Crippen LogP contribution in [0.2, 0.25) is 5.02 Å². The predicted octanol–water partition coefficient (Wildman–Crippen LogP) is 5.61. The smallest absolute Gasteiger partial charge is 0.113 e. The quantitative estimate of drug-likeness (QED) is 0.496. The summed E-state index contributed by atoms with van der Waals surface area (Å²) in [5, 5.41) is 0.738. The van der Waals surface area contributed by atoms with Gasteiger partial charge in [-0.15, -0.1) is 0 Å². The number of pyridine rings is 1. The van der Waals surface area contributed by atoms with Crippen LogP contribution in [0, 0.1) is 11.8 Å². The number of rotatable bonds is 2. The number of halogens is 1. The number of anilines is 1. The molecule has 156 valence electrons. The molecule has 1 atom stereocenters. The lowest BCUT2D eigenvalue weighted by molar-refractivity contribution is 0.223. The van der Waals surface area contributed by atoms with Crippen molar-refractivity contribution in [2.45, 2.75) is 31.8 Å². The molecule has 0 amide bonds. The van der Waals surface area contributed by atoms with Gasteiger partial charge in [0.1, 0.15) is 5.69 Å². The second-order valence-electron chi connectivity index (χ2n) is 8.41. The highest BCUT2D eigenvalue weighted by Crippen LogP contribution is 2.32. The molecule has 3 nitrogen and oxygen atoms in total. The summed E-state index contributed by atoms with van der Waals surface area (Å²) >= 11 is 5.97. The van der Waals surface area contributed by atoms with Crippen LogP contribution in [0.1, 0.15) is 36.1 Å². The molecule has 2 aliphatic heterocycles. The Morgan fingerprint density at radius 3 is 2.45 bits per heavy atom. The Morgan fingerprint density at radius 1 is 0.935 bits per heavy atom. The van der Waals surface area contributed by atoms with Gasteiger partial charge in [0.25, 0.3) is 0 Å². The van der Waals surface area contributed by atoms with Gasteiger partial charge in [-0.1, -0.05) is 35.7 Å². The van der Waals surface area contributed by atoms with Crippen LogP contribution in [0.15, 0.2) is 60.8 Å². The topological polar surface area (TPSA) is 19.4 Å². The van der Waals surface area contributed by atoms with Crippen LogP contribution in [0.5, 0.6) is 0 Å². The van der Waals surface area contributed by atoms with E-state index in [0.29, 0.717) is 6.17 Å². The summed E-state index contributed by atoms with van der Waals surface area (Å²) in [6, 6.07) is 18.4. The third kappa shape index (κ3) is 4.32. The summed E-state index contributed by atoms with van der Waals surface area (Å²) in [4.78, 5) is 9.62.